The van der Waals surface area contributed by atoms with Crippen LogP contribution in [-0.4, -0.2) is 46.2 Å². The summed E-state index contributed by atoms with van der Waals surface area (Å²) in [6.07, 6.45) is 4.90. The maximum Gasteiger partial charge on any atom is 0.227 e. The quantitative estimate of drug-likeness (QED) is 0.657. The first-order valence-corrected chi connectivity index (χ1v) is 10.4. The van der Waals surface area contributed by atoms with Crippen molar-refractivity contribution in [1.29, 1.82) is 0 Å². The summed E-state index contributed by atoms with van der Waals surface area (Å²) < 4.78 is 5.72. The molecule has 2 atom stereocenters. The molecule has 0 saturated carbocycles. The van der Waals surface area contributed by atoms with E-state index in [0.717, 1.165) is 36.5 Å². The molecule has 2 aliphatic heterocycles. The largest absolute Gasteiger partial charge is 0.374 e. The molecule has 5 rings (SSSR count). The molecular formula is C23H24N6O2. The zero-order valence-corrected chi connectivity index (χ0v) is 17.5. The Labute approximate surface area is 180 Å². The molecule has 2 N–H and O–H groups in total. The van der Waals surface area contributed by atoms with Gasteiger partial charge in [0.2, 0.25) is 11.9 Å². The number of rotatable bonds is 5. The molecule has 3 aromatic rings. The van der Waals surface area contributed by atoms with E-state index < -0.39 is 0 Å². The van der Waals surface area contributed by atoms with Crippen LogP contribution in [-0.2, 0) is 9.53 Å². The van der Waals surface area contributed by atoms with E-state index >= 15 is 0 Å². The predicted molar refractivity (Wildman–Crippen MR) is 120 cm³/mol. The average molecular weight is 416 g/mol. The minimum Gasteiger partial charge on any atom is -0.374 e. The molecule has 2 aromatic heterocycles. The number of amides is 1. The lowest BCUT2D eigenvalue weighted by atomic mass is 10.1. The minimum atomic E-state index is -0.152. The Morgan fingerprint density at radius 3 is 2.77 bits per heavy atom. The Morgan fingerprint density at radius 1 is 1.19 bits per heavy atom. The van der Waals surface area contributed by atoms with E-state index in [1.54, 1.807) is 18.5 Å². The van der Waals surface area contributed by atoms with E-state index in [4.69, 9.17) is 4.74 Å². The first kappa shape index (κ1) is 19.4. The zero-order valence-electron chi connectivity index (χ0n) is 17.5. The first-order chi connectivity index (χ1) is 15.0. The maximum absolute atomic E-state index is 11.2. The molecular weight excluding hydrogens is 392 g/mol. The molecule has 1 aromatic carbocycles. The summed E-state index contributed by atoms with van der Waals surface area (Å²) in [5, 5.41) is 5.96. The lowest BCUT2D eigenvalue weighted by molar-refractivity contribution is -0.114. The van der Waals surface area contributed by atoms with Crippen molar-refractivity contribution in [3.63, 3.8) is 0 Å². The van der Waals surface area contributed by atoms with Gasteiger partial charge in [-0.3, -0.25) is 4.79 Å². The molecule has 8 nitrogen and oxygen atoms in total. The number of nitrogens with zero attached hydrogens (tertiary/aromatic N) is 4. The zero-order chi connectivity index (χ0) is 21.4. The Balaban J connectivity index is 1.31. The highest BCUT2D eigenvalue weighted by Gasteiger charge is 2.39. The summed E-state index contributed by atoms with van der Waals surface area (Å²) in [6.45, 7) is 5.38. The van der Waals surface area contributed by atoms with Crippen molar-refractivity contribution in [2.24, 2.45) is 0 Å². The SMILES string of the molecule is CC(=O)Nc1ccc(-c2ccnc(Nc3ccc(N4C[C@@H]5C[C@H]4CO5)c(C)c3)n2)cn1. The number of pyridine rings is 1. The number of hydrogen-bond donors (Lipinski definition) is 2. The monoisotopic (exact) mass is 416 g/mol. The van der Waals surface area contributed by atoms with Gasteiger partial charge in [0.25, 0.3) is 0 Å². The Bertz CT molecular complexity index is 1120. The van der Waals surface area contributed by atoms with Crippen LogP contribution in [0.1, 0.15) is 18.9 Å². The van der Waals surface area contributed by atoms with Gasteiger partial charge in [-0.15, -0.1) is 0 Å². The van der Waals surface area contributed by atoms with Gasteiger partial charge in [-0.05, 0) is 55.3 Å². The summed E-state index contributed by atoms with van der Waals surface area (Å²) in [4.78, 5) is 26.8. The molecule has 31 heavy (non-hydrogen) atoms. The molecule has 0 unspecified atom stereocenters. The highest BCUT2D eigenvalue weighted by molar-refractivity contribution is 5.87. The first-order valence-electron chi connectivity index (χ1n) is 10.4. The number of aryl methyl sites for hydroxylation is 1. The van der Waals surface area contributed by atoms with Crippen molar-refractivity contribution in [3.8, 4) is 11.3 Å². The summed E-state index contributed by atoms with van der Waals surface area (Å²) in [5.74, 6) is 0.877. The van der Waals surface area contributed by atoms with Crippen LogP contribution in [0.3, 0.4) is 0 Å². The normalized spacial score (nSPS) is 19.5. The molecule has 0 radical (unpaired) electrons. The molecule has 2 bridgehead atoms. The number of benzene rings is 1. The van der Waals surface area contributed by atoms with Crippen molar-refractivity contribution in [2.75, 3.05) is 28.7 Å². The van der Waals surface area contributed by atoms with E-state index in [1.165, 1.54) is 18.2 Å². The lowest BCUT2D eigenvalue weighted by Crippen LogP contribution is -2.37. The summed E-state index contributed by atoms with van der Waals surface area (Å²) in [5.41, 5.74) is 5.02. The molecule has 2 saturated heterocycles. The number of fused-ring (bicyclic) bond motifs is 2. The second-order valence-electron chi connectivity index (χ2n) is 8.00. The van der Waals surface area contributed by atoms with Crippen molar-refractivity contribution >= 4 is 29.0 Å². The van der Waals surface area contributed by atoms with Crippen LogP contribution in [0, 0.1) is 6.92 Å². The number of morpholine rings is 1. The van der Waals surface area contributed by atoms with Gasteiger partial charge in [0.15, 0.2) is 0 Å². The van der Waals surface area contributed by atoms with Crippen LogP contribution in [0.25, 0.3) is 11.3 Å². The van der Waals surface area contributed by atoms with Gasteiger partial charge in [-0.1, -0.05) is 0 Å². The third kappa shape index (κ3) is 4.06. The van der Waals surface area contributed by atoms with Gasteiger partial charge >= 0.3 is 0 Å². The van der Waals surface area contributed by atoms with Gasteiger partial charge in [-0.25, -0.2) is 15.0 Å². The molecule has 2 aliphatic rings. The van der Waals surface area contributed by atoms with Gasteiger partial charge < -0.3 is 20.3 Å². The lowest BCUT2D eigenvalue weighted by Gasteiger charge is -2.30. The smallest absolute Gasteiger partial charge is 0.227 e. The topological polar surface area (TPSA) is 92.3 Å². The Kier molecular flexibility index (Phi) is 4.99. The van der Waals surface area contributed by atoms with E-state index in [2.05, 4.69) is 55.6 Å². The number of hydrogen-bond acceptors (Lipinski definition) is 7. The number of aromatic nitrogens is 3. The van der Waals surface area contributed by atoms with E-state index in [0.29, 0.717) is 23.9 Å². The number of carbonyl (C=O) groups excluding carboxylic acids is 1. The average Bonchev–Trinajstić information content (AvgIpc) is 3.38. The van der Waals surface area contributed by atoms with Crippen LogP contribution in [0.15, 0.2) is 48.8 Å². The van der Waals surface area contributed by atoms with Crippen molar-refractivity contribution in [2.45, 2.75) is 32.4 Å². The molecule has 2 fully saturated rings. The number of anilines is 4. The fourth-order valence-corrected chi connectivity index (χ4v) is 4.26. The van der Waals surface area contributed by atoms with Crippen LogP contribution in [0.2, 0.25) is 0 Å². The molecule has 1 amide bonds. The van der Waals surface area contributed by atoms with Gasteiger partial charge in [0.1, 0.15) is 5.82 Å². The Hall–Kier alpha value is -3.52. The van der Waals surface area contributed by atoms with Crippen molar-refractivity contribution < 1.29 is 9.53 Å². The third-order valence-corrected chi connectivity index (χ3v) is 5.68. The van der Waals surface area contributed by atoms with Crippen LogP contribution >= 0.6 is 0 Å². The van der Waals surface area contributed by atoms with Crippen LogP contribution in [0.4, 0.5) is 23.1 Å². The van der Waals surface area contributed by atoms with Gasteiger partial charge in [-0.2, -0.15) is 0 Å². The molecule has 8 heteroatoms. The molecule has 158 valence electrons. The second-order valence-corrected chi connectivity index (χ2v) is 8.00. The van der Waals surface area contributed by atoms with Gasteiger partial charge in [0.05, 0.1) is 24.4 Å². The number of ether oxygens (including phenoxy) is 1. The van der Waals surface area contributed by atoms with E-state index in [1.807, 2.05) is 12.1 Å². The fourth-order valence-electron chi connectivity index (χ4n) is 4.26. The second kappa shape index (κ2) is 7.96. The van der Waals surface area contributed by atoms with E-state index in [-0.39, 0.29) is 5.91 Å². The maximum atomic E-state index is 11.2. The molecule has 4 heterocycles. The highest BCUT2D eigenvalue weighted by atomic mass is 16.5. The molecule has 0 aliphatic carbocycles. The van der Waals surface area contributed by atoms with Gasteiger partial charge in [0, 0.05) is 42.8 Å². The summed E-state index contributed by atoms with van der Waals surface area (Å²) in [7, 11) is 0. The predicted octanol–water partition coefficient (Wildman–Crippen LogP) is 3.53. The van der Waals surface area contributed by atoms with E-state index in [9.17, 15) is 4.79 Å². The highest BCUT2D eigenvalue weighted by Crippen LogP contribution is 2.35. The summed E-state index contributed by atoms with van der Waals surface area (Å²) in [6, 6.07) is 12.3. The van der Waals surface area contributed by atoms with Crippen molar-refractivity contribution in [3.05, 3.63) is 54.4 Å². The summed E-state index contributed by atoms with van der Waals surface area (Å²) >= 11 is 0. The third-order valence-electron chi connectivity index (χ3n) is 5.68. The van der Waals surface area contributed by atoms with Crippen LogP contribution < -0.4 is 15.5 Å². The standard InChI is InChI=1S/C23H24N6O2/c1-14-9-17(4-5-21(14)29-12-19-10-18(29)13-31-19)27-23-24-8-7-20(28-23)16-3-6-22(25-11-16)26-15(2)30/h3-9,11,18-19H,10,12-13H2,1-2H3,(H,24,27,28)(H,25,26,30)/t18-,19-/m0/s1. The number of nitrogens with one attached hydrogen (secondary N) is 2. The fraction of sp³-hybridized carbons (Fsp3) is 0.304. The van der Waals surface area contributed by atoms with Crippen LogP contribution in [0.5, 0.6) is 0 Å². The molecule has 0 spiro atoms. The number of carbonyl (C=O) groups is 1. The Morgan fingerprint density at radius 2 is 2.10 bits per heavy atom. The minimum absolute atomic E-state index is 0.152. The van der Waals surface area contributed by atoms with Crippen molar-refractivity contribution in [1.82, 2.24) is 15.0 Å².